The van der Waals surface area contributed by atoms with Gasteiger partial charge in [-0.25, -0.2) is 9.37 Å². The van der Waals surface area contributed by atoms with Crippen LogP contribution in [0, 0.1) is 19.7 Å². The largest absolute Gasteiger partial charge is 0.451 e. The summed E-state index contributed by atoms with van der Waals surface area (Å²) in [6.07, 6.45) is 0. The number of hydrogen-bond donors (Lipinski definition) is 1. The van der Waals surface area contributed by atoms with Crippen molar-refractivity contribution < 1.29 is 13.6 Å². The summed E-state index contributed by atoms with van der Waals surface area (Å²) in [6, 6.07) is 10.1. The lowest BCUT2D eigenvalue weighted by Gasteiger charge is -1.98. The van der Waals surface area contributed by atoms with Gasteiger partial charge in [-0.15, -0.1) is 0 Å². The molecule has 4 nitrogen and oxygen atoms in total. The zero-order chi connectivity index (χ0) is 16.8. The maximum atomic E-state index is 13.4. The molecular formula is C18H13FN2O2S. The number of furan rings is 1. The number of halogens is 1. The third-order valence-corrected chi connectivity index (χ3v) is 4.80. The number of carbonyl (C=O) groups is 1. The number of nitrogens with zero attached hydrogens (tertiary/aromatic N) is 1. The van der Waals surface area contributed by atoms with Gasteiger partial charge in [-0.3, -0.25) is 10.1 Å². The van der Waals surface area contributed by atoms with Gasteiger partial charge in [0.1, 0.15) is 11.4 Å². The SMILES string of the molecule is Cc1ccc2nc(NC(=O)c3oc4ccc(F)cc4c3C)sc2c1. The molecule has 4 rings (SSSR count). The highest BCUT2D eigenvalue weighted by atomic mass is 32.1. The van der Waals surface area contributed by atoms with Gasteiger partial charge in [0.15, 0.2) is 10.9 Å². The van der Waals surface area contributed by atoms with Crippen molar-refractivity contribution in [3.05, 3.63) is 59.1 Å². The molecule has 2 heterocycles. The Labute approximate surface area is 140 Å². The van der Waals surface area contributed by atoms with E-state index in [2.05, 4.69) is 10.3 Å². The predicted molar refractivity (Wildman–Crippen MR) is 93.2 cm³/mol. The van der Waals surface area contributed by atoms with E-state index in [4.69, 9.17) is 4.42 Å². The summed E-state index contributed by atoms with van der Waals surface area (Å²) in [5, 5.41) is 3.87. The second-order valence-electron chi connectivity index (χ2n) is 5.64. The number of amides is 1. The molecule has 0 fully saturated rings. The van der Waals surface area contributed by atoms with E-state index in [0.717, 1.165) is 15.8 Å². The molecule has 0 spiro atoms. The number of anilines is 1. The molecular weight excluding hydrogens is 327 g/mol. The number of thiazole rings is 1. The molecule has 4 aromatic rings. The van der Waals surface area contributed by atoms with Crippen LogP contribution >= 0.6 is 11.3 Å². The summed E-state index contributed by atoms with van der Waals surface area (Å²) in [6.45, 7) is 3.75. The molecule has 120 valence electrons. The van der Waals surface area contributed by atoms with Crippen LogP contribution in [0.3, 0.4) is 0 Å². The number of nitrogens with one attached hydrogen (secondary N) is 1. The number of hydrogen-bond acceptors (Lipinski definition) is 4. The maximum absolute atomic E-state index is 13.4. The third-order valence-electron chi connectivity index (χ3n) is 3.87. The summed E-state index contributed by atoms with van der Waals surface area (Å²) in [5.41, 5.74) is 3.07. The van der Waals surface area contributed by atoms with Crippen molar-refractivity contribution in [2.24, 2.45) is 0 Å². The Bertz CT molecular complexity index is 1100. The van der Waals surface area contributed by atoms with Gasteiger partial charge >= 0.3 is 0 Å². The number of fused-ring (bicyclic) bond motifs is 2. The summed E-state index contributed by atoms with van der Waals surface area (Å²) in [4.78, 5) is 16.9. The third kappa shape index (κ3) is 2.45. The van der Waals surface area contributed by atoms with Crippen LogP contribution in [0.4, 0.5) is 9.52 Å². The summed E-state index contributed by atoms with van der Waals surface area (Å²) in [7, 11) is 0. The Balaban J connectivity index is 1.69. The smallest absolute Gasteiger partial charge is 0.293 e. The van der Waals surface area contributed by atoms with Crippen LogP contribution in [0.25, 0.3) is 21.2 Å². The van der Waals surface area contributed by atoms with Crippen LogP contribution in [0.5, 0.6) is 0 Å². The number of benzene rings is 2. The van der Waals surface area contributed by atoms with Gasteiger partial charge in [0.2, 0.25) is 0 Å². The van der Waals surface area contributed by atoms with Crippen LogP contribution in [-0.2, 0) is 0 Å². The molecule has 0 radical (unpaired) electrons. The minimum Gasteiger partial charge on any atom is -0.451 e. The van der Waals surface area contributed by atoms with Crippen LogP contribution in [0.1, 0.15) is 21.7 Å². The highest BCUT2D eigenvalue weighted by Gasteiger charge is 2.19. The Morgan fingerprint density at radius 1 is 1.21 bits per heavy atom. The highest BCUT2D eigenvalue weighted by molar-refractivity contribution is 7.22. The number of rotatable bonds is 2. The molecule has 0 bridgehead atoms. The van der Waals surface area contributed by atoms with Crippen molar-refractivity contribution in [1.29, 1.82) is 0 Å². The fourth-order valence-electron chi connectivity index (χ4n) is 2.65. The lowest BCUT2D eigenvalue weighted by atomic mass is 10.1. The Morgan fingerprint density at radius 3 is 2.88 bits per heavy atom. The van der Waals surface area contributed by atoms with Crippen LogP contribution < -0.4 is 5.32 Å². The van der Waals surface area contributed by atoms with Crippen molar-refractivity contribution in [1.82, 2.24) is 4.98 Å². The first kappa shape index (κ1) is 14.8. The number of aryl methyl sites for hydroxylation is 2. The fourth-order valence-corrected chi connectivity index (χ4v) is 3.61. The van der Waals surface area contributed by atoms with Gasteiger partial charge in [-0.1, -0.05) is 17.4 Å². The quantitative estimate of drug-likeness (QED) is 0.555. The van der Waals surface area contributed by atoms with E-state index in [1.165, 1.54) is 29.5 Å². The first-order valence-electron chi connectivity index (χ1n) is 7.38. The van der Waals surface area contributed by atoms with Gasteiger partial charge in [0, 0.05) is 10.9 Å². The van der Waals surface area contributed by atoms with Crippen molar-refractivity contribution in [2.75, 3.05) is 5.32 Å². The normalized spacial score (nSPS) is 11.3. The van der Waals surface area contributed by atoms with Crippen LogP contribution in [0.15, 0.2) is 40.8 Å². The molecule has 2 aromatic carbocycles. The molecule has 0 unspecified atom stereocenters. The first-order chi connectivity index (χ1) is 11.5. The molecule has 1 amide bonds. The molecule has 6 heteroatoms. The lowest BCUT2D eigenvalue weighted by Crippen LogP contribution is -2.11. The molecule has 0 aliphatic carbocycles. The Kier molecular flexibility index (Phi) is 3.35. The minimum absolute atomic E-state index is 0.172. The van der Waals surface area contributed by atoms with E-state index in [9.17, 15) is 9.18 Å². The molecule has 0 aliphatic rings. The van der Waals surface area contributed by atoms with Crippen molar-refractivity contribution in [3.63, 3.8) is 0 Å². The monoisotopic (exact) mass is 340 g/mol. The van der Waals surface area contributed by atoms with E-state index in [1.807, 2.05) is 25.1 Å². The summed E-state index contributed by atoms with van der Waals surface area (Å²) in [5.74, 6) is -0.578. The molecule has 0 atom stereocenters. The average Bonchev–Trinajstić information content (AvgIpc) is 3.08. The van der Waals surface area contributed by atoms with Gasteiger partial charge in [0.25, 0.3) is 5.91 Å². The zero-order valence-corrected chi connectivity index (χ0v) is 13.8. The number of carbonyl (C=O) groups excluding carboxylic acids is 1. The lowest BCUT2D eigenvalue weighted by molar-refractivity contribution is 0.0998. The summed E-state index contributed by atoms with van der Waals surface area (Å²) < 4.78 is 20.0. The van der Waals surface area contributed by atoms with Crippen LogP contribution in [0.2, 0.25) is 0 Å². The topological polar surface area (TPSA) is 55.1 Å². The molecule has 24 heavy (non-hydrogen) atoms. The van der Waals surface area contributed by atoms with E-state index >= 15 is 0 Å². The highest BCUT2D eigenvalue weighted by Crippen LogP contribution is 2.29. The second-order valence-corrected chi connectivity index (χ2v) is 6.67. The van der Waals surface area contributed by atoms with E-state index in [-0.39, 0.29) is 17.5 Å². The number of aromatic nitrogens is 1. The zero-order valence-electron chi connectivity index (χ0n) is 13.0. The molecule has 0 aliphatic heterocycles. The average molecular weight is 340 g/mol. The molecule has 2 aromatic heterocycles. The van der Waals surface area contributed by atoms with Crippen LogP contribution in [-0.4, -0.2) is 10.9 Å². The minimum atomic E-state index is -0.389. The Hall–Kier alpha value is -2.73. The van der Waals surface area contributed by atoms with E-state index in [1.54, 1.807) is 6.92 Å². The molecule has 1 N–H and O–H groups in total. The molecule has 0 saturated heterocycles. The van der Waals surface area contributed by atoms with Gasteiger partial charge in [-0.05, 0) is 49.7 Å². The van der Waals surface area contributed by atoms with E-state index in [0.29, 0.717) is 21.7 Å². The predicted octanol–water partition coefficient (Wildman–Crippen LogP) is 5.05. The second kappa shape index (κ2) is 5.42. The maximum Gasteiger partial charge on any atom is 0.293 e. The van der Waals surface area contributed by atoms with Crippen molar-refractivity contribution >= 4 is 43.6 Å². The standard InChI is InChI=1S/C18H13FN2O2S/c1-9-3-5-13-15(7-9)24-18(20-13)21-17(22)16-10(2)12-8-11(19)4-6-14(12)23-16/h3-8H,1-2H3,(H,20,21,22). The van der Waals surface area contributed by atoms with Gasteiger partial charge in [0.05, 0.1) is 10.2 Å². The van der Waals surface area contributed by atoms with Gasteiger partial charge in [-0.2, -0.15) is 0 Å². The van der Waals surface area contributed by atoms with E-state index < -0.39 is 0 Å². The van der Waals surface area contributed by atoms with Crippen molar-refractivity contribution in [3.8, 4) is 0 Å². The Morgan fingerprint density at radius 2 is 2.04 bits per heavy atom. The molecule has 0 saturated carbocycles. The first-order valence-corrected chi connectivity index (χ1v) is 8.20. The van der Waals surface area contributed by atoms with Gasteiger partial charge < -0.3 is 4.42 Å². The van der Waals surface area contributed by atoms with Crippen molar-refractivity contribution in [2.45, 2.75) is 13.8 Å². The summed E-state index contributed by atoms with van der Waals surface area (Å²) >= 11 is 1.40. The fraction of sp³-hybridized carbons (Fsp3) is 0.111.